The summed E-state index contributed by atoms with van der Waals surface area (Å²) in [6, 6.07) is 51.4. The van der Waals surface area contributed by atoms with Gasteiger partial charge in [-0.05, 0) is 187 Å². The fraction of sp³-hybridized carbons (Fsp3) is 0.400. The van der Waals surface area contributed by atoms with Crippen molar-refractivity contribution in [2.24, 2.45) is 11.8 Å². The number of benzene rings is 6. The van der Waals surface area contributed by atoms with Gasteiger partial charge in [-0.2, -0.15) is 0 Å². The molecule has 6 aromatic carbocycles. The van der Waals surface area contributed by atoms with E-state index in [2.05, 4.69) is 139 Å². The fourth-order valence-electron chi connectivity index (χ4n) is 9.95. The van der Waals surface area contributed by atoms with Crippen LogP contribution in [-0.2, 0) is 39.2 Å². The Morgan fingerprint density at radius 1 is 0.471 bits per heavy atom. The minimum Gasteiger partial charge on any atom is -1.00 e. The van der Waals surface area contributed by atoms with Crippen molar-refractivity contribution >= 4 is 42.0 Å². The van der Waals surface area contributed by atoms with E-state index in [0.717, 1.165) is 59.4 Å². The van der Waals surface area contributed by atoms with Crippen LogP contribution in [0.25, 0.3) is 11.1 Å². The van der Waals surface area contributed by atoms with Crippen LogP contribution in [0.5, 0.6) is 11.5 Å². The molecule has 0 radical (unpaired) electrons. The Labute approximate surface area is 451 Å². The van der Waals surface area contributed by atoms with E-state index in [1.165, 1.54) is 122 Å². The minimum atomic E-state index is -1.35. The third kappa shape index (κ3) is 18.8. The van der Waals surface area contributed by atoms with E-state index < -0.39 is 7.12 Å². The molecule has 68 heavy (non-hydrogen) atoms. The molecule has 4 nitrogen and oxygen atoms in total. The molecule has 8 rings (SSSR count). The van der Waals surface area contributed by atoms with Crippen LogP contribution < -0.4 is 14.9 Å². The minimum absolute atomic E-state index is 0. The van der Waals surface area contributed by atoms with Crippen molar-refractivity contribution in [3.05, 3.63) is 183 Å². The number of thiol groups is 1. The standard InChI is InChI=1S/C30H36O.C15H23BO2.C15H15BrO.H2S.U.H/c1-3-4-23-7-13-26(14-8-23)28-17-19-29(20-18-28)27-15-9-24(10-16-27)5-6-25-11-21-30(31-2)22-12-25;1-2-3-12-4-6-13(7-5-12)14-8-10-15(11-9-14)16(17)18;1-17-15-10-6-13(7-11-15)3-2-12-4-8-14(16)9-5-12;;;/h9-12,15-23,26H,3-8,13-14H2,1-2H3;8-13,17-18H,2-7H2,1H3;4-11H,2-3H2,1H3;1H2;;/q;;;;;-1/p-1/i;;;;;1+2. The van der Waals surface area contributed by atoms with Crippen LogP contribution in [0, 0.1) is 42.9 Å². The SMILES string of the molecule is CCCC1CCC(c2ccc(-c3ccc(CCc4ccc(OC)cc4)cc3)cc2)CC1.CCCC1CCC(c2ccc(B(O)O)cc2)CC1.COc1ccc(CCc2ccc(Br)cc2)cc1.[3H-].[SH-].[U]. The Morgan fingerprint density at radius 2 is 0.779 bits per heavy atom. The van der Waals surface area contributed by atoms with Crippen LogP contribution in [0.1, 0.15) is 138 Å². The average molecular weight is 1220 g/mol. The summed E-state index contributed by atoms with van der Waals surface area (Å²) in [5, 5.41) is 18.1. The monoisotopic (exact) mass is 1220 g/mol. The summed E-state index contributed by atoms with van der Waals surface area (Å²) in [5.74, 6) is 5.18. The summed E-state index contributed by atoms with van der Waals surface area (Å²) in [6.45, 7) is 4.59. The molecule has 2 aliphatic rings. The molecule has 0 bridgehead atoms. The topological polar surface area (TPSA) is 58.9 Å². The molecular weight excluding hydrogens is 1150 g/mol. The van der Waals surface area contributed by atoms with Gasteiger partial charge in [0.1, 0.15) is 11.5 Å². The Hall–Kier alpha value is -3.21. The Kier molecular flexibility index (Phi) is 26.3. The molecule has 0 unspecified atom stereocenters. The zero-order chi connectivity index (χ0) is 46.5. The van der Waals surface area contributed by atoms with E-state index in [1.807, 2.05) is 36.4 Å². The van der Waals surface area contributed by atoms with Gasteiger partial charge in [-0.25, -0.2) is 0 Å². The number of aryl methyl sites for hydroxylation is 4. The predicted octanol–water partition coefficient (Wildman–Crippen LogP) is 14.7. The van der Waals surface area contributed by atoms with Gasteiger partial charge >= 0.3 is 7.12 Å². The normalized spacial score (nSPS) is 17.4. The molecule has 0 atom stereocenters. The predicted molar refractivity (Wildman–Crippen MR) is 292 cm³/mol. The summed E-state index contributed by atoms with van der Waals surface area (Å²) < 4.78 is 11.5. The summed E-state index contributed by atoms with van der Waals surface area (Å²) in [5.41, 5.74) is 11.6. The number of rotatable bonds is 16. The maximum atomic E-state index is 9.07. The second kappa shape index (κ2) is 31.2. The van der Waals surface area contributed by atoms with E-state index in [4.69, 9.17) is 19.5 Å². The van der Waals surface area contributed by atoms with Crippen molar-refractivity contribution in [1.82, 2.24) is 0 Å². The van der Waals surface area contributed by atoms with Gasteiger partial charge in [-0.15, -0.1) is 0 Å². The van der Waals surface area contributed by atoms with Gasteiger partial charge < -0.3 is 34.4 Å². The Morgan fingerprint density at radius 3 is 1.10 bits per heavy atom. The first-order chi connectivity index (χ1) is 32.2. The molecule has 0 spiro atoms. The summed E-state index contributed by atoms with van der Waals surface area (Å²) >= 11 is 3.44. The van der Waals surface area contributed by atoms with E-state index in [0.29, 0.717) is 11.4 Å². The quantitative estimate of drug-likeness (QED) is 0.0575. The van der Waals surface area contributed by atoms with Crippen molar-refractivity contribution in [3.8, 4) is 22.6 Å². The summed E-state index contributed by atoms with van der Waals surface area (Å²) in [7, 11) is 2.05. The van der Waals surface area contributed by atoms with Gasteiger partial charge in [0.05, 0.1) is 14.2 Å². The third-order valence-corrected chi connectivity index (χ3v) is 14.6. The van der Waals surface area contributed by atoms with Crippen LogP contribution in [0.3, 0.4) is 0 Å². The van der Waals surface area contributed by atoms with Crippen LogP contribution >= 0.6 is 15.9 Å². The third-order valence-electron chi connectivity index (χ3n) is 14.1. The van der Waals surface area contributed by atoms with Crippen molar-refractivity contribution in [3.63, 3.8) is 0 Å². The summed E-state index contributed by atoms with van der Waals surface area (Å²) in [6.07, 6.45) is 20.5. The van der Waals surface area contributed by atoms with Gasteiger partial charge in [-0.3, -0.25) is 0 Å². The average Bonchev–Trinajstić information content (AvgIpc) is 3.37. The molecule has 0 aliphatic heterocycles. The van der Waals surface area contributed by atoms with Gasteiger partial charge in [0.15, 0.2) is 0 Å². The Balaban J connectivity index is 0.000000286. The number of halogens is 1. The molecule has 362 valence electrons. The molecule has 6 aromatic rings. The molecule has 2 fully saturated rings. The number of hydrogen-bond donors (Lipinski definition) is 2. The zero-order valence-electron chi connectivity index (χ0n) is 42.1. The first-order valence-corrected chi connectivity index (χ1v) is 25.7. The number of ether oxygens (including phenoxy) is 2. The van der Waals surface area contributed by atoms with Gasteiger partial charge in [0, 0.05) is 35.6 Å². The molecular formula is C60H76BBrO4SU-2. The van der Waals surface area contributed by atoms with E-state index in [9.17, 15) is 0 Å². The van der Waals surface area contributed by atoms with Crippen LogP contribution in [0.4, 0.5) is 0 Å². The molecule has 2 aliphatic carbocycles. The molecule has 8 heteroatoms. The van der Waals surface area contributed by atoms with E-state index >= 15 is 0 Å². The van der Waals surface area contributed by atoms with Crippen molar-refractivity contribution in [1.29, 1.82) is 0 Å². The zero-order valence-corrected chi connectivity index (χ0v) is 47.7. The van der Waals surface area contributed by atoms with Crippen LogP contribution in [0.2, 0.25) is 0 Å². The molecule has 0 saturated heterocycles. The molecule has 2 saturated carbocycles. The van der Waals surface area contributed by atoms with Crippen LogP contribution in [-0.4, -0.2) is 31.4 Å². The molecule has 0 amide bonds. The van der Waals surface area contributed by atoms with Crippen LogP contribution in [0.15, 0.2) is 150 Å². The Bertz CT molecular complexity index is 2250. The van der Waals surface area contributed by atoms with Gasteiger partial charge in [-0.1, -0.05) is 165 Å². The first-order valence-electron chi connectivity index (χ1n) is 24.9. The largest absolute Gasteiger partial charge is 1.00 e. The molecule has 0 aromatic heterocycles. The fourth-order valence-corrected chi connectivity index (χ4v) is 10.2. The van der Waals surface area contributed by atoms with Gasteiger partial charge in [0.25, 0.3) is 0 Å². The second-order valence-corrected chi connectivity index (χ2v) is 19.6. The molecule has 0 heterocycles. The maximum absolute atomic E-state index is 9.07. The van der Waals surface area contributed by atoms with E-state index in [-0.39, 0.29) is 46.0 Å². The molecule has 2 N–H and O–H groups in total. The van der Waals surface area contributed by atoms with Gasteiger partial charge in [0.2, 0.25) is 0 Å². The van der Waals surface area contributed by atoms with Crippen molar-refractivity contribution in [2.75, 3.05) is 14.2 Å². The number of hydrogen-bond acceptors (Lipinski definition) is 5. The van der Waals surface area contributed by atoms with Crippen molar-refractivity contribution in [2.45, 2.75) is 128 Å². The number of methoxy groups -OCH3 is 2. The maximum Gasteiger partial charge on any atom is 0.488 e. The van der Waals surface area contributed by atoms with Crippen molar-refractivity contribution < 1.29 is 52.1 Å². The summed E-state index contributed by atoms with van der Waals surface area (Å²) in [4.78, 5) is 0. The second-order valence-electron chi connectivity index (χ2n) is 18.7. The van der Waals surface area contributed by atoms with E-state index in [1.54, 1.807) is 14.2 Å². The smallest absolute Gasteiger partial charge is 0.488 e. The first kappa shape index (κ1) is 57.4.